The molecule has 0 spiro atoms. The molecule has 0 nitrogen and oxygen atoms in total. The first kappa shape index (κ1) is 40.6. The van der Waals surface area contributed by atoms with E-state index in [2.05, 4.69) is 191 Å². The van der Waals surface area contributed by atoms with Crippen LogP contribution in [0.2, 0.25) is 22.0 Å². The van der Waals surface area contributed by atoms with Gasteiger partial charge in [-0.15, -0.1) is 0 Å². The third-order valence-electron chi connectivity index (χ3n) is 13.9. The van der Waals surface area contributed by atoms with E-state index in [-0.39, 0.29) is 21.7 Å². The molecular weight excluding hydrogens is 843 g/mol. The van der Waals surface area contributed by atoms with E-state index in [0.717, 1.165) is 0 Å². The fourth-order valence-corrected chi connectivity index (χ4v) is 42.9. The average molecular weight is 914 g/mol. The van der Waals surface area contributed by atoms with Gasteiger partial charge in [0.05, 0.1) is 0 Å². The van der Waals surface area contributed by atoms with E-state index in [0.29, 0.717) is 7.35 Å². The zero-order valence-electron chi connectivity index (χ0n) is 37.4. The zero-order valence-corrected chi connectivity index (χ0v) is 42.0. The number of hydrogen-bond acceptors (Lipinski definition) is 0. The number of unbranched alkanes of at least 4 members (excludes halogenated alkanes) is 1. The maximum atomic E-state index is 2.83. The standard InChI is InChI=1S/C51H64Si.2CH3.Hf/c1-15-16-23-52(14,42-28-34-19-17-21-44(46(34)32-42)36-24-38(48(2,3)4)30-39(25-36)49(5,6)7)43-29-35-20-18-22-45(47(35)33-43)37-26-40(50(8,9)10)31-41(27-37)51(11,12)13;;;/h17-22,24-33H,15-16,23H2,1-14H3;2*1H3;. The summed E-state index contributed by atoms with van der Waals surface area (Å²) in [5.74, 6) is 0. The second-order valence-electron chi connectivity index (χ2n) is 22.5. The molecule has 2 heteroatoms. The predicted octanol–water partition coefficient (Wildman–Crippen LogP) is 16.0. The van der Waals surface area contributed by atoms with Crippen molar-refractivity contribution in [1.82, 2.24) is 0 Å². The summed E-state index contributed by atoms with van der Waals surface area (Å²) >= 11 is -3.21. The Morgan fingerprint density at radius 3 is 1.18 bits per heavy atom. The first-order chi connectivity index (χ1) is 25.4. The van der Waals surface area contributed by atoms with Crippen LogP contribution in [0.5, 0.6) is 0 Å². The molecule has 0 radical (unpaired) electrons. The molecule has 3 aliphatic rings. The zero-order chi connectivity index (χ0) is 40.3. The Labute approximate surface area is 341 Å². The third-order valence-corrected chi connectivity index (χ3v) is 35.9. The second kappa shape index (κ2) is 13.5. The van der Waals surface area contributed by atoms with Gasteiger partial charge >= 0.3 is 344 Å². The quantitative estimate of drug-likeness (QED) is 0.175. The summed E-state index contributed by atoms with van der Waals surface area (Å²) < 4.78 is 6.93. The van der Waals surface area contributed by atoms with E-state index in [9.17, 15) is 0 Å². The predicted molar refractivity (Wildman–Crippen MR) is 243 cm³/mol. The molecule has 290 valence electrons. The molecular formula is C53H70HfSi. The number of fused-ring (bicyclic) bond motifs is 6. The minimum absolute atomic E-state index is 0.0869. The molecule has 2 unspecified atom stereocenters. The number of rotatable bonds is 5. The normalized spacial score (nSPS) is 21.7. The van der Waals surface area contributed by atoms with E-state index in [4.69, 9.17) is 0 Å². The molecule has 55 heavy (non-hydrogen) atoms. The average Bonchev–Trinajstić information content (AvgIpc) is 3.70. The van der Waals surface area contributed by atoms with Crippen LogP contribution in [0.3, 0.4) is 0 Å². The van der Waals surface area contributed by atoms with Gasteiger partial charge in [-0.05, 0) is 0 Å². The van der Waals surface area contributed by atoms with Crippen molar-refractivity contribution < 1.29 is 20.0 Å². The first-order valence-corrected chi connectivity index (χ1v) is 35.4. The summed E-state index contributed by atoms with van der Waals surface area (Å²) in [7, 11) is -2.04. The molecule has 1 aliphatic heterocycles. The summed E-state index contributed by atoms with van der Waals surface area (Å²) in [6.45, 7) is 33.6. The van der Waals surface area contributed by atoms with Crippen LogP contribution in [-0.4, -0.2) is 8.07 Å². The van der Waals surface area contributed by atoms with E-state index in [1.807, 2.05) is 10.4 Å². The summed E-state index contributed by atoms with van der Waals surface area (Å²) in [5.41, 5.74) is 18.2. The maximum absolute atomic E-state index is 3.21. The van der Waals surface area contributed by atoms with Crippen molar-refractivity contribution >= 4 is 20.2 Å². The molecule has 1 fully saturated rings. The summed E-state index contributed by atoms with van der Waals surface area (Å²) in [5, 5.41) is 3.75. The number of allylic oxidation sites excluding steroid dienone is 2. The van der Waals surface area contributed by atoms with Crippen molar-refractivity contribution in [2.45, 2.75) is 154 Å². The molecule has 0 bridgehead atoms. The first-order valence-electron chi connectivity index (χ1n) is 21.4. The van der Waals surface area contributed by atoms with Crippen LogP contribution in [0.15, 0.2) is 83.2 Å². The van der Waals surface area contributed by atoms with Crippen LogP contribution in [0, 0.1) is 0 Å². The van der Waals surface area contributed by atoms with Crippen molar-refractivity contribution in [2.24, 2.45) is 0 Å². The third kappa shape index (κ3) is 6.96. The second-order valence-corrected chi connectivity index (χ2v) is 44.1. The topological polar surface area (TPSA) is 0 Å². The molecule has 4 aromatic rings. The Kier molecular flexibility index (Phi) is 9.98. The van der Waals surface area contributed by atoms with Crippen LogP contribution in [0.1, 0.15) is 155 Å². The van der Waals surface area contributed by atoms with Crippen LogP contribution in [0.4, 0.5) is 0 Å². The molecule has 1 heterocycles. The number of hydrogen-bond donors (Lipinski definition) is 0. The Balaban J connectivity index is 1.45. The Morgan fingerprint density at radius 1 is 0.527 bits per heavy atom. The Morgan fingerprint density at radius 2 is 0.873 bits per heavy atom. The van der Waals surface area contributed by atoms with Gasteiger partial charge in [-0.1, -0.05) is 0 Å². The fourth-order valence-electron chi connectivity index (χ4n) is 10.3. The van der Waals surface area contributed by atoms with Crippen molar-refractivity contribution in [2.75, 3.05) is 0 Å². The van der Waals surface area contributed by atoms with Gasteiger partial charge in [0.2, 0.25) is 0 Å². The summed E-state index contributed by atoms with van der Waals surface area (Å²) in [6, 6.07) is 31.2. The van der Waals surface area contributed by atoms with Crippen LogP contribution in [0.25, 0.3) is 34.4 Å². The fraction of sp³-hybridized carbons (Fsp3) is 0.472. The molecule has 4 aromatic carbocycles. The van der Waals surface area contributed by atoms with Crippen molar-refractivity contribution in [3.05, 3.63) is 128 Å². The summed E-state index contributed by atoms with van der Waals surface area (Å²) in [4.78, 5) is 0. The van der Waals surface area contributed by atoms with Gasteiger partial charge in [-0.25, -0.2) is 0 Å². The van der Waals surface area contributed by atoms with Gasteiger partial charge in [-0.2, -0.15) is 0 Å². The molecule has 0 saturated carbocycles. The molecule has 1 saturated heterocycles. The molecule has 0 aromatic heterocycles. The SMILES string of the molecule is CCCC[Si]1(C)C2=Cc3c(-c4cc(C(C)(C)C)cc(C(C)(C)C)c4)cccc3[CH]2[Hf]([CH3])([CH3])[CH]2C1=Cc1c(-c3cc(C(C)(C)C)cc(C(C)(C)C)c3)cccc12. The Hall–Kier alpha value is -2.55. The van der Waals surface area contributed by atoms with Gasteiger partial charge in [0.15, 0.2) is 0 Å². The van der Waals surface area contributed by atoms with Gasteiger partial charge in [0, 0.05) is 0 Å². The van der Waals surface area contributed by atoms with Gasteiger partial charge in [0.1, 0.15) is 0 Å². The van der Waals surface area contributed by atoms with Gasteiger partial charge < -0.3 is 0 Å². The van der Waals surface area contributed by atoms with E-state index in [1.165, 1.54) is 63.4 Å². The number of benzene rings is 4. The van der Waals surface area contributed by atoms with Crippen molar-refractivity contribution in [3.8, 4) is 22.3 Å². The van der Waals surface area contributed by atoms with E-state index >= 15 is 0 Å². The van der Waals surface area contributed by atoms with E-state index in [1.54, 1.807) is 22.3 Å². The van der Waals surface area contributed by atoms with Crippen molar-refractivity contribution in [3.63, 3.8) is 0 Å². The van der Waals surface area contributed by atoms with Crippen LogP contribution >= 0.6 is 0 Å². The monoisotopic (exact) mass is 914 g/mol. The van der Waals surface area contributed by atoms with Crippen molar-refractivity contribution in [1.29, 1.82) is 0 Å². The molecule has 0 amide bonds. The Bertz CT molecular complexity index is 2010. The molecule has 2 atom stereocenters. The van der Waals surface area contributed by atoms with Crippen LogP contribution in [-0.2, 0) is 41.6 Å². The molecule has 2 aliphatic carbocycles. The molecule has 7 rings (SSSR count). The van der Waals surface area contributed by atoms with Gasteiger partial charge in [0.25, 0.3) is 0 Å². The van der Waals surface area contributed by atoms with E-state index < -0.39 is 28.0 Å². The molecule has 0 N–H and O–H groups in total. The summed E-state index contributed by atoms with van der Waals surface area (Å²) in [6.07, 6.45) is 8.16. The minimum atomic E-state index is -3.21. The van der Waals surface area contributed by atoms with Crippen LogP contribution < -0.4 is 0 Å². The van der Waals surface area contributed by atoms with Gasteiger partial charge in [-0.3, -0.25) is 0 Å².